The zero-order valence-corrected chi connectivity index (χ0v) is 9.00. The molecular weight excluding hydrogens is 204 g/mol. The molecule has 3 rings (SSSR count). The number of H-pyrrole nitrogens is 1. The molecule has 0 saturated heterocycles. The third-order valence-electron chi connectivity index (χ3n) is 2.76. The topological polar surface area (TPSA) is 72.3 Å². The third kappa shape index (κ3) is 2.10. The summed E-state index contributed by atoms with van der Waals surface area (Å²) in [6.45, 7) is 0.874. The van der Waals surface area contributed by atoms with E-state index in [0.29, 0.717) is 5.92 Å². The van der Waals surface area contributed by atoms with E-state index < -0.39 is 0 Å². The molecule has 6 heteroatoms. The van der Waals surface area contributed by atoms with E-state index in [1.807, 2.05) is 4.68 Å². The van der Waals surface area contributed by atoms with Crippen LogP contribution in [0, 0.1) is 0 Å². The first-order chi connectivity index (χ1) is 7.92. The Morgan fingerprint density at radius 3 is 3.12 bits per heavy atom. The van der Waals surface area contributed by atoms with E-state index in [-0.39, 0.29) is 0 Å². The Labute approximate surface area is 93.1 Å². The van der Waals surface area contributed by atoms with Crippen LogP contribution in [0.3, 0.4) is 0 Å². The van der Waals surface area contributed by atoms with Gasteiger partial charge in [-0.1, -0.05) is 0 Å². The first-order valence-corrected chi connectivity index (χ1v) is 5.65. The predicted octanol–water partition coefficient (Wildman–Crippen LogP) is 0.906. The minimum Gasteiger partial charge on any atom is -0.263 e. The number of nitrogens with zero attached hydrogens (tertiary/aromatic N) is 5. The minimum absolute atomic E-state index is 0.625. The highest BCUT2D eigenvalue weighted by atomic mass is 15.3. The van der Waals surface area contributed by atoms with Crippen molar-refractivity contribution >= 4 is 0 Å². The van der Waals surface area contributed by atoms with E-state index in [9.17, 15) is 0 Å². The van der Waals surface area contributed by atoms with Crippen molar-refractivity contribution in [3.63, 3.8) is 0 Å². The maximum absolute atomic E-state index is 4.48. The zero-order chi connectivity index (χ0) is 10.8. The van der Waals surface area contributed by atoms with Crippen molar-refractivity contribution < 1.29 is 0 Å². The molecule has 0 radical (unpaired) electrons. The molecule has 0 amide bonds. The highest BCUT2D eigenvalue weighted by Crippen LogP contribution is 2.37. The molecule has 2 heterocycles. The fourth-order valence-electron chi connectivity index (χ4n) is 1.70. The fourth-order valence-corrected chi connectivity index (χ4v) is 1.70. The van der Waals surface area contributed by atoms with Gasteiger partial charge in [-0.25, -0.2) is 9.97 Å². The number of aromatic amines is 1. The first-order valence-electron chi connectivity index (χ1n) is 5.65. The SMILES string of the molecule is c1ncn(CCCc2nc(C3CC3)n[nH]2)n1. The molecule has 0 spiro atoms. The van der Waals surface area contributed by atoms with Gasteiger partial charge in [0.2, 0.25) is 0 Å². The van der Waals surface area contributed by atoms with Crippen LogP contribution in [0.15, 0.2) is 12.7 Å². The lowest BCUT2D eigenvalue weighted by molar-refractivity contribution is 0.570. The van der Waals surface area contributed by atoms with E-state index in [0.717, 1.165) is 31.0 Å². The number of nitrogens with one attached hydrogen (secondary N) is 1. The molecule has 0 atom stereocenters. The van der Waals surface area contributed by atoms with Crippen LogP contribution >= 0.6 is 0 Å². The summed E-state index contributed by atoms with van der Waals surface area (Å²) in [6.07, 6.45) is 7.70. The molecule has 2 aromatic rings. The standard InChI is InChI=1S/C10H14N6/c1(5-16-7-11-6-12-16)2-9-13-10(15-14-9)8-3-4-8/h6-8H,1-5H2,(H,13,14,15). The van der Waals surface area contributed by atoms with Crippen LogP contribution in [0.2, 0.25) is 0 Å². The highest BCUT2D eigenvalue weighted by Gasteiger charge is 2.27. The van der Waals surface area contributed by atoms with Crippen molar-refractivity contribution in [3.8, 4) is 0 Å². The zero-order valence-electron chi connectivity index (χ0n) is 9.00. The molecule has 1 saturated carbocycles. The summed E-state index contributed by atoms with van der Waals surface area (Å²) in [5.74, 6) is 2.61. The van der Waals surface area contributed by atoms with Gasteiger partial charge in [0.05, 0.1) is 0 Å². The first kappa shape index (κ1) is 9.50. The second-order valence-corrected chi connectivity index (χ2v) is 4.18. The summed E-state index contributed by atoms with van der Waals surface area (Å²) in [5.41, 5.74) is 0. The fraction of sp³-hybridized carbons (Fsp3) is 0.600. The number of aromatic nitrogens is 6. The summed E-state index contributed by atoms with van der Waals surface area (Å²) in [7, 11) is 0. The Morgan fingerprint density at radius 2 is 2.38 bits per heavy atom. The maximum Gasteiger partial charge on any atom is 0.153 e. The Bertz CT molecular complexity index is 442. The molecule has 0 bridgehead atoms. The number of rotatable bonds is 5. The third-order valence-corrected chi connectivity index (χ3v) is 2.76. The van der Waals surface area contributed by atoms with Crippen LogP contribution in [0.1, 0.15) is 36.8 Å². The summed E-state index contributed by atoms with van der Waals surface area (Å²) in [4.78, 5) is 8.38. The van der Waals surface area contributed by atoms with E-state index in [2.05, 4.69) is 25.3 Å². The molecule has 84 valence electrons. The van der Waals surface area contributed by atoms with E-state index in [4.69, 9.17) is 0 Å². The molecule has 1 aliphatic carbocycles. The smallest absolute Gasteiger partial charge is 0.153 e. The van der Waals surface area contributed by atoms with Gasteiger partial charge in [-0.3, -0.25) is 9.78 Å². The second kappa shape index (κ2) is 4.03. The Morgan fingerprint density at radius 1 is 1.44 bits per heavy atom. The van der Waals surface area contributed by atoms with Crippen LogP contribution < -0.4 is 0 Å². The lowest BCUT2D eigenvalue weighted by Gasteiger charge is -1.97. The normalized spacial score (nSPS) is 15.5. The molecule has 0 unspecified atom stereocenters. The maximum atomic E-state index is 4.48. The van der Waals surface area contributed by atoms with Crippen LogP contribution in [0.5, 0.6) is 0 Å². The number of hydrogen-bond donors (Lipinski definition) is 1. The van der Waals surface area contributed by atoms with Crippen molar-refractivity contribution in [2.75, 3.05) is 0 Å². The van der Waals surface area contributed by atoms with Gasteiger partial charge in [-0.15, -0.1) is 0 Å². The van der Waals surface area contributed by atoms with Gasteiger partial charge in [0, 0.05) is 18.9 Å². The summed E-state index contributed by atoms with van der Waals surface area (Å²) < 4.78 is 1.83. The van der Waals surface area contributed by atoms with E-state index >= 15 is 0 Å². The monoisotopic (exact) mass is 218 g/mol. The van der Waals surface area contributed by atoms with Gasteiger partial charge in [-0.2, -0.15) is 10.2 Å². The second-order valence-electron chi connectivity index (χ2n) is 4.18. The Kier molecular flexibility index (Phi) is 2.40. The Balaban J connectivity index is 1.50. The molecule has 0 aliphatic heterocycles. The van der Waals surface area contributed by atoms with Crippen LogP contribution in [-0.4, -0.2) is 29.9 Å². The highest BCUT2D eigenvalue weighted by molar-refractivity contribution is 5.04. The van der Waals surface area contributed by atoms with Gasteiger partial charge in [-0.05, 0) is 19.3 Å². The average molecular weight is 218 g/mol. The average Bonchev–Trinajstić information content (AvgIpc) is 2.83. The predicted molar refractivity (Wildman–Crippen MR) is 56.7 cm³/mol. The van der Waals surface area contributed by atoms with E-state index in [1.54, 1.807) is 12.7 Å². The van der Waals surface area contributed by atoms with Crippen molar-refractivity contribution in [2.24, 2.45) is 0 Å². The van der Waals surface area contributed by atoms with Crippen molar-refractivity contribution in [2.45, 2.75) is 38.1 Å². The van der Waals surface area contributed by atoms with Crippen LogP contribution in [-0.2, 0) is 13.0 Å². The van der Waals surface area contributed by atoms with Gasteiger partial charge < -0.3 is 0 Å². The van der Waals surface area contributed by atoms with Gasteiger partial charge in [0.25, 0.3) is 0 Å². The van der Waals surface area contributed by atoms with Crippen molar-refractivity contribution in [1.29, 1.82) is 0 Å². The molecule has 1 aliphatic rings. The minimum atomic E-state index is 0.625. The Hall–Kier alpha value is -1.72. The molecule has 6 nitrogen and oxygen atoms in total. The van der Waals surface area contributed by atoms with Gasteiger partial charge >= 0.3 is 0 Å². The van der Waals surface area contributed by atoms with Gasteiger partial charge in [0.1, 0.15) is 18.5 Å². The quantitative estimate of drug-likeness (QED) is 0.809. The van der Waals surface area contributed by atoms with Crippen LogP contribution in [0.4, 0.5) is 0 Å². The molecule has 1 N–H and O–H groups in total. The summed E-state index contributed by atoms with van der Waals surface area (Å²) >= 11 is 0. The molecule has 16 heavy (non-hydrogen) atoms. The largest absolute Gasteiger partial charge is 0.263 e. The molecule has 1 fully saturated rings. The van der Waals surface area contributed by atoms with E-state index in [1.165, 1.54) is 12.8 Å². The molecular formula is C10H14N6. The van der Waals surface area contributed by atoms with Gasteiger partial charge in [0.15, 0.2) is 5.82 Å². The van der Waals surface area contributed by atoms with Crippen molar-refractivity contribution in [3.05, 3.63) is 24.3 Å². The lowest BCUT2D eigenvalue weighted by atomic mass is 10.3. The summed E-state index contributed by atoms with van der Waals surface area (Å²) in [5, 5.41) is 11.3. The van der Waals surface area contributed by atoms with Crippen molar-refractivity contribution in [1.82, 2.24) is 29.9 Å². The number of aryl methyl sites for hydroxylation is 2. The lowest BCUT2D eigenvalue weighted by Crippen LogP contribution is -2.00. The van der Waals surface area contributed by atoms with Crippen LogP contribution in [0.25, 0.3) is 0 Å². The number of hydrogen-bond acceptors (Lipinski definition) is 4. The summed E-state index contributed by atoms with van der Waals surface area (Å²) in [6, 6.07) is 0. The molecule has 0 aromatic carbocycles. The molecule has 2 aromatic heterocycles.